The summed E-state index contributed by atoms with van der Waals surface area (Å²) < 4.78 is 0. The minimum atomic E-state index is -1.11. The summed E-state index contributed by atoms with van der Waals surface area (Å²) in [5.74, 6) is -2.23. The van der Waals surface area contributed by atoms with Crippen LogP contribution in [0.15, 0.2) is 10.6 Å². The summed E-state index contributed by atoms with van der Waals surface area (Å²) in [6, 6.07) is 0. The molecule has 0 saturated carbocycles. The fourth-order valence-corrected chi connectivity index (χ4v) is 0.310. The van der Waals surface area contributed by atoms with Gasteiger partial charge < -0.3 is 9.68 Å². The Morgan fingerprint density at radius 1 is 1.08 bits per heavy atom. The van der Waals surface area contributed by atoms with E-state index >= 15 is 0 Å². The van der Waals surface area contributed by atoms with Gasteiger partial charge in [0.2, 0.25) is 0 Å². The Labute approximate surface area is 70.2 Å². The van der Waals surface area contributed by atoms with Crippen molar-refractivity contribution in [1.82, 2.24) is 0 Å². The van der Waals surface area contributed by atoms with Crippen LogP contribution in [0, 0.1) is 0 Å². The van der Waals surface area contributed by atoms with Crippen molar-refractivity contribution < 1.29 is 19.3 Å². The van der Waals surface area contributed by atoms with E-state index in [4.69, 9.17) is 11.1 Å². The highest BCUT2D eigenvalue weighted by Gasteiger charge is 2.10. The van der Waals surface area contributed by atoms with Gasteiger partial charge in [-0.15, -0.1) is 0 Å². The van der Waals surface area contributed by atoms with E-state index in [1.807, 2.05) is 0 Å². The minimum Gasteiger partial charge on any atom is -0.358 e. The number of hydrogen-bond acceptors (Lipinski definition) is 6. The van der Waals surface area contributed by atoms with E-state index in [2.05, 4.69) is 30.1 Å². The zero-order chi connectivity index (χ0) is 10.1. The highest BCUT2D eigenvalue weighted by molar-refractivity contribution is 5.90. The Morgan fingerprint density at radius 3 is 1.77 bits per heavy atom. The lowest BCUT2D eigenvalue weighted by Gasteiger charge is -1.93. The van der Waals surface area contributed by atoms with Crippen molar-refractivity contribution in [2.45, 2.75) is 6.42 Å². The van der Waals surface area contributed by atoms with Gasteiger partial charge in [0.15, 0.2) is 0 Å². The Kier molecular flexibility index (Phi) is 5.10. The van der Waals surface area contributed by atoms with E-state index in [1.165, 1.54) is 0 Å². The van der Waals surface area contributed by atoms with Crippen LogP contribution in [0.2, 0.25) is 0 Å². The Morgan fingerprint density at radius 2 is 1.46 bits per heavy atom. The molecule has 68 valence electrons. The molecule has 0 unspecified atom stereocenters. The monoisotopic (exact) mass is 186 g/mol. The first-order chi connectivity index (χ1) is 6.20. The largest absolute Gasteiger partial charge is 0.358 e. The van der Waals surface area contributed by atoms with E-state index in [0.29, 0.717) is 0 Å². The lowest BCUT2D eigenvalue weighted by atomic mass is 10.5. The van der Waals surface area contributed by atoms with Gasteiger partial charge in [-0.3, -0.25) is 9.59 Å². The molecule has 0 rings (SSSR count). The average molecular weight is 186 g/mol. The van der Waals surface area contributed by atoms with Crippen LogP contribution in [0.5, 0.6) is 0 Å². The first kappa shape index (κ1) is 10.6. The third kappa shape index (κ3) is 5.98. The van der Waals surface area contributed by atoms with Crippen LogP contribution in [-0.2, 0) is 19.3 Å². The SMILES string of the molecule is [N-]=[N+]=NOC(=O)CC(=O)ON=[N+]=[N-]. The molecule has 0 spiro atoms. The molecule has 10 nitrogen and oxygen atoms in total. The van der Waals surface area contributed by atoms with Crippen molar-refractivity contribution in [2.24, 2.45) is 10.6 Å². The van der Waals surface area contributed by atoms with Crippen molar-refractivity contribution >= 4 is 11.9 Å². The van der Waals surface area contributed by atoms with Gasteiger partial charge in [-0.2, -0.15) is 0 Å². The Hall–Kier alpha value is -2.44. The smallest absolute Gasteiger partial charge is 0.328 e. The number of nitrogens with zero attached hydrogens (tertiary/aromatic N) is 6. The van der Waals surface area contributed by atoms with Gasteiger partial charge in [0.25, 0.3) is 0 Å². The van der Waals surface area contributed by atoms with E-state index in [9.17, 15) is 9.59 Å². The van der Waals surface area contributed by atoms with E-state index < -0.39 is 18.4 Å². The van der Waals surface area contributed by atoms with E-state index in [0.717, 1.165) is 0 Å². The summed E-state index contributed by atoms with van der Waals surface area (Å²) >= 11 is 0. The van der Waals surface area contributed by atoms with Gasteiger partial charge in [-0.1, -0.05) is 0 Å². The molecule has 0 heterocycles. The van der Waals surface area contributed by atoms with Crippen LogP contribution in [-0.4, -0.2) is 11.9 Å². The predicted molar refractivity (Wildman–Crippen MR) is 35.1 cm³/mol. The zero-order valence-electron chi connectivity index (χ0n) is 6.02. The Bertz CT molecular complexity index is 269. The minimum absolute atomic E-state index is 0.808. The van der Waals surface area contributed by atoms with Gasteiger partial charge in [0, 0.05) is 9.82 Å². The topological polar surface area (TPSA) is 150 Å². The third-order valence-electron chi connectivity index (χ3n) is 0.647. The fourth-order valence-electron chi connectivity index (χ4n) is 0.310. The molecule has 0 radical (unpaired) electrons. The third-order valence-corrected chi connectivity index (χ3v) is 0.647. The van der Waals surface area contributed by atoms with Crippen LogP contribution >= 0.6 is 0 Å². The molecule has 0 bridgehead atoms. The molecule has 0 atom stereocenters. The molecule has 0 aliphatic heterocycles. The summed E-state index contributed by atoms with van der Waals surface area (Å²) in [5, 5.41) is 4.85. The molecule has 13 heavy (non-hydrogen) atoms. The number of carbonyl (C=O) groups is 2. The molecule has 0 aromatic rings. The predicted octanol–water partition coefficient (Wildman–Crippen LogP) is 0.913. The second-order valence-corrected chi connectivity index (χ2v) is 1.45. The number of azide groups is 2. The van der Waals surface area contributed by atoms with Crippen LogP contribution < -0.4 is 0 Å². The van der Waals surface area contributed by atoms with E-state index in [-0.39, 0.29) is 0 Å². The van der Waals surface area contributed by atoms with Crippen LogP contribution in [0.4, 0.5) is 0 Å². The number of carbonyl (C=O) groups excluding carboxylic acids is 2. The maximum atomic E-state index is 10.5. The second-order valence-electron chi connectivity index (χ2n) is 1.45. The number of hydrogen-bond donors (Lipinski definition) is 0. The van der Waals surface area contributed by atoms with Crippen LogP contribution in [0.1, 0.15) is 6.42 Å². The first-order valence-electron chi connectivity index (χ1n) is 2.69. The molecule has 0 amide bonds. The molecule has 0 aliphatic carbocycles. The van der Waals surface area contributed by atoms with Crippen molar-refractivity contribution in [1.29, 1.82) is 0 Å². The van der Waals surface area contributed by atoms with Crippen LogP contribution in [0.3, 0.4) is 0 Å². The standard InChI is InChI=1S/C3H2N6O4/c4-6-8-12-2(10)1-3(11)13-9-7-5/h1H2. The van der Waals surface area contributed by atoms with Crippen molar-refractivity contribution in [2.75, 3.05) is 0 Å². The molecular formula is C3H2N6O4. The maximum Gasteiger partial charge on any atom is 0.328 e. The molecule has 0 aliphatic rings. The zero-order valence-corrected chi connectivity index (χ0v) is 6.02. The summed E-state index contributed by atoms with van der Waals surface area (Å²) in [7, 11) is 0. The quantitative estimate of drug-likeness (QED) is 0.210. The average Bonchev–Trinajstić information content (AvgIpc) is 2.11. The molecule has 10 heteroatoms. The maximum absolute atomic E-state index is 10.5. The molecular weight excluding hydrogens is 184 g/mol. The Balaban J connectivity index is 3.84. The molecule has 0 N–H and O–H groups in total. The van der Waals surface area contributed by atoms with Gasteiger partial charge in [-0.25, -0.2) is 0 Å². The molecule has 0 aromatic carbocycles. The fraction of sp³-hybridized carbons (Fsp3) is 0.333. The van der Waals surface area contributed by atoms with Crippen LogP contribution in [0.25, 0.3) is 20.9 Å². The van der Waals surface area contributed by atoms with Gasteiger partial charge in [0.1, 0.15) is 17.0 Å². The highest BCUT2D eigenvalue weighted by Crippen LogP contribution is 1.92. The number of rotatable bonds is 4. The van der Waals surface area contributed by atoms with E-state index in [1.54, 1.807) is 0 Å². The summed E-state index contributed by atoms with van der Waals surface area (Å²) in [4.78, 5) is 32.6. The van der Waals surface area contributed by atoms with Crippen molar-refractivity contribution in [3.63, 3.8) is 0 Å². The normalized spacial score (nSPS) is 7.38. The second kappa shape index (κ2) is 6.28. The lowest BCUT2D eigenvalue weighted by molar-refractivity contribution is -0.154. The first-order valence-corrected chi connectivity index (χ1v) is 2.69. The van der Waals surface area contributed by atoms with Crippen molar-refractivity contribution in [3.8, 4) is 0 Å². The summed E-state index contributed by atoms with van der Waals surface area (Å²) in [6.07, 6.45) is -0.808. The van der Waals surface area contributed by atoms with Gasteiger partial charge in [-0.05, 0) is 11.1 Å². The summed E-state index contributed by atoms with van der Waals surface area (Å²) in [6.45, 7) is 0. The molecule has 0 saturated heterocycles. The molecule has 0 aromatic heterocycles. The van der Waals surface area contributed by atoms with Crippen molar-refractivity contribution in [3.05, 3.63) is 20.9 Å². The molecule has 0 fully saturated rings. The highest BCUT2D eigenvalue weighted by atomic mass is 16.7. The lowest BCUT2D eigenvalue weighted by Crippen LogP contribution is -2.09. The summed E-state index contributed by atoms with van der Waals surface area (Å²) in [5.41, 5.74) is 15.4. The van der Waals surface area contributed by atoms with Gasteiger partial charge >= 0.3 is 11.9 Å². The van der Waals surface area contributed by atoms with Gasteiger partial charge in [0.05, 0.1) is 0 Å².